The molecule has 1 saturated carbocycles. The van der Waals surface area contributed by atoms with E-state index in [1.165, 1.54) is 0 Å². The largest absolute Gasteiger partial charge is 0.387 e. The second-order valence-electron chi connectivity index (χ2n) is 5.09. The Morgan fingerprint density at radius 3 is 2.67 bits per heavy atom. The van der Waals surface area contributed by atoms with Crippen molar-refractivity contribution in [1.82, 2.24) is 10.0 Å². The van der Waals surface area contributed by atoms with Gasteiger partial charge < -0.3 is 10.6 Å². The molecule has 0 radical (unpaired) electrons. The fraction of sp³-hybridized carbons (Fsp3) is 0.500. The van der Waals surface area contributed by atoms with Crippen LogP contribution in [0.1, 0.15) is 25.7 Å². The molecule has 6 nitrogen and oxygen atoms in total. The third kappa shape index (κ3) is 4.71. The predicted molar refractivity (Wildman–Crippen MR) is 81.6 cm³/mol. The minimum absolute atomic E-state index is 0.00711. The molecule has 2 rings (SSSR count). The van der Waals surface area contributed by atoms with E-state index < -0.39 is 10.0 Å². The van der Waals surface area contributed by atoms with E-state index in [0.29, 0.717) is 24.6 Å². The Kier molecular flexibility index (Phi) is 5.19. The molecule has 1 amide bonds. The number of sulfonamides is 1. The summed E-state index contributed by atoms with van der Waals surface area (Å²) in [4.78, 5) is 11.7. The van der Waals surface area contributed by atoms with E-state index in [1.807, 2.05) is 0 Å². The molecular weight excluding hydrogens is 290 g/mol. The molecule has 1 aromatic rings. The van der Waals surface area contributed by atoms with Gasteiger partial charge in [-0.1, -0.05) is 12.1 Å². The van der Waals surface area contributed by atoms with Crippen LogP contribution >= 0.6 is 0 Å². The average molecular weight is 311 g/mol. The molecule has 3 N–H and O–H groups in total. The molecule has 7 heteroatoms. The molecule has 1 aliphatic carbocycles. The SMILES string of the molecule is CNc1ccccc1S(=O)(=O)NCCCC(=O)NC1CC1. The van der Waals surface area contributed by atoms with E-state index in [2.05, 4.69) is 15.4 Å². The van der Waals surface area contributed by atoms with Gasteiger partial charge >= 0.3 is 0 Å². The molecule has 1 aromatic carbocycles. The summed E-state index contributed by atoms with van der Waals surface area (Å²) in [5.74, 6) is -0.00711. The lowest BCUT2D eigenvalue weighted by Gasteiger charge is -2.11. The summed E-state index contributed by atoms with van der Waals surface area (Å²) in [6, 6.07) is 7.05. The lowest BCUT2D eigenvalue weighted by atomic mass is 10.3. The first-order chi connectivity index (χ1) is 10.0. The zero-order valence-electron chi connectivity index (χ0n) is 12.1. The molecule has 1 fully saturated rings. The number of carbonyl (C=O) groups is 1. The van der Waals surface area contributed by atoms with E-state index in [9.17, 15) is 13.2 Å². The van der Waals surface area contributed by atoms with Crippen molar-refractivity contribution in [2.24, 2.45) is 0 Å². The molecule has 0 spiro atoms. The smallest absolute Gasteiger partial charge is 0.242 e. The van der Waals surface area contributed by atoms with Crippen LogP contribution in [0.25, 0.3) is 0 Å². The van der Waals surface area contributed by atoms with E-state index in [4.69, 9.17) is 0 Å². The van der Waals surface area contributed by atoms with Gasteiger partial charge in [0.15, 0.2) is 0 Å². The van der Waals surface area contributed by atoms with Crippen LogP contribution in [0.5, 0.6) is 0 Å². The number of amides is 1. The van der Waals surface area contributed by atoms with Crippen LogP contribution in [0.4, 0.5) is 5.69 Å². The first-order valence-corrected chi connectivity index (χ1v) is 8.57. The Hall–Kier alpha value is -1.60. The standard InChI is InChI=1S/C14H21N3O3S/c1-15-12-5-2-3-6-13(12)21(19,20)16-10-4-7-14(18)17-11-8-9-11/h2-3,5-6,11,15-16H,4,7-10H2,1H3,(H,17,18). The zero-order chi connectivity index (χ0) is 15.3. The lowest BCUT2D eigenvalue weighted by molar-refractivity contribution is -0.121. The van der Waals surface area contributed by atoms with Crippen molar-refractivity contribution in [2.45, 2.75) is 36.6 Å². The van der Waals surface area contributed by atoms with Gasteiger partial charge in [0.2, 0.25) is 15.9 Å². The van der Waals surface area contributed by atoms with Crippen LogP contribution < -0.4 is 15.4 Å². The van der Waals surface area contributed by atoms with Gasteiger partial charge in [-0.2, -0.15) is 0 Å². The Labute approximate surface area is 125 Å². The summed E-state index contributed by atoms with van der Waals surface area (Å²) in [5.41, 5.74) is 0.552. The number of carbonyl (C=O) groups excluding carboxylic acids is 1. The van der Waals surface area contributed by atoms with Crippen molar-refractivity contribution in [3.8, 4) is 0 Å². The number of hydrogen-bond donors (Lipinski definition) is 3. The maximum atomic E-state index is 12.2. The van der Waals surface area contributed by atoms with E-state index in [-0.39, 0.29) is 17.3 Å². The Balaban J connectivity index is 1.82. The highest BCUT2D eigenvalue weighted by Crippen LogP contribution is 2.20. The fourth-order valence-corrected chi connectivity index (χ4v) is 3.25. The Morgan fingerprint density at radius 2 is 2.00 bits per heavy atom. The van der Waals surface area contributed by atoms with Crippen molar-refractivity contribution in [1.29, 1.82) is 0 Å². The quantitative estimate of drug-likeness (QED) is 0.627. The summed E-state index contributed by atoms with van der Waals surface area (Å²) < 4.78 is 26.9. The molecule has 0 bridgehead atoms. The average Bonchev–Trinajstić information content (AvgIpc) is 3.27. The highest BCUT2D eigenvalue weighted by molar-refractivity contribution is 7.89. The first-order valence-electron chi connectivity index (χ1n) is 7.09. The molecule has 1 aliphatic rings. The number of rotatable bonds is 8. The van der Waals surface area contributed by atoms with Crippen molar-refractivity contribution in [2.75, 3.05) is 18.9 Å². The third-order valence-corrected chi connectivity index (χ3v) is 4.78. The number of anilines is 1. The fourth-order valence-electron chi connectivity index (χ4n) is 1.97. The number of nitrogens with one attached hydrogen (secondary N) is 3. The van der Waals surface area contributed by atoms with Crippen LogP contribution in [0.15, 0.2) is 29.2 Å². The molecule has 0 heterocycles. The van der Waals surface area contributed by atoms with Crippen molar-refractivity contribution in [3.63, 3.8) is 0 Å². The van der Waals surface area contributed by atoms with E-state index >= 15 is 0 Å². The third-order valence-electron chi connectivity index (χ3n) is 3.26. The molecule has 0 saturated heterocycles. The first kappa shape index (κ1) is 15.8. The molecule has 0 atom stereocenters. The number of benzene rings is 1. The van der Waals surface area contributed by atoms with E-state index in [0.717, 1.165) is 12.8 Å². The van der Waals surface area contributed by atoms with Gasteiger partial charge in [-0.3, -0.25) is 4.79 Å². The molecule has 0 aliphatic heterocycles. The van der Waals surface area contributed by atoms with Crippen LogP contribution in [-0.4, -0.2) is 34.0 Å². The predicted octanol–water partition coefficient (Wildman–Crippen LogP) is 1.07. The topological polar surface area (TPSA) is 87.3 Å². The zero-order valence-corrected chi connectivity index (χ0v) is 12.9. The summed E-state index contributed by atoms with van der Waals surface area (Å²) in [6.07, 6.45) is 2.94. The van der Waals surface area contributed by atoms with Crippen LogP contribution in [0.2, 0.25) is 0 Å². The van der Waals surface area contributed by atoms with Crippen molar-refractivity contribution < 1.29 is 13.2 Å². The van der Waals surface area contributed by atoms with Gasteiger partial charge in [-0.05, 0) is 31.4 Å². The maximum absolute atomic E-state index is 12.2. The second kappa shape index (κ2) is 6.91. The monoisotopic (exact) mass is 311 g/mol. The minimum atomic E-state index is -3.56. The lowest BCUT2D eigenvalue weighted by Crippen LogP contribution is -2.28. The summed E-state index contributed by atoms with van der Waals surface area (Å²) in [5, 5.41) is 5.73. The van der Waals surface area contributed by atoms with Gasteiger partial charge in [0, 0.05) is 26.1 Å². The molecule has 0 unspecified atom stereocenters. The van der Waals surface area contributed by atoms with Gasteiger partial charge in [-0.15, -0.1) is 0 Å². The number of hydrogen-bond acceptors (Lipinski definition) is 4. The highest BCUT2D eigenvalue weighted by Gasteiger charge is 2.23. The second-order valence-corrected chi connectivity index (χ2v) is 6.82. The van der Waals surface area contributed by atoms with Crippen molar-refractivity contribution in [3.05, 3.63) is 24.3 Å². The molecule has 116 valence electrons. The van der Waals surface area contributed by atoms with Gasteiger partial charge in [0.1, 0.15) is 4.90 Å². The number of para-hydroxylation sites is 1. The van der Waals surface area contributed by atoms with Gasteiger partial charge in [0.05, 0.1) is 5.69 Å². The van der Waals surface area contributed by atoms with E-state index in [1.54, 1.807) is 31.3 Å². The maximum Gasteiger partial charge on any atom is 0.242 e. The summed E-state index contributed by atoms with van der Waals surface area (Å²) in [6.45, 7) is 0.248. The molecular formula is C14H21N3O3S. The minimum Gasteiger partial charge on any atom is -0.387 e. The van der Waals surface area contributed by atoms with Crippen LogP contribution in [0.3, 0.4) is 0 Å². The van der Waals surface area contributed by atoms with Crippen LogP contribution in [0, 0.1) is 0 Å². The van der Waals surface area contributed by atoms with Crippen molar-refractivity contribution >= 4 is 21.6 Å². The highest BCUT2D eigenvalue weighted by atomic mass is 32.2. The normalized spacial score (nSPS) is 14.7. The Morgan fingerprint density at radius 1 is 1.29 bits per heavy atom. The molecule has 0 aromatic heterocycles. The molecule has 21 heavy (non-hydrogen) atoms. The van der Waals surface area contributed by atoms with Crippen LogP contribution in [-0.2, 0) is 14.8 Å². The Bertz CT molecular complexity index is 597. The van der Waals surface area contributed by atoms with Gasteiger partial charge in [0.25, 0.3) is 0 Å². The summed E-state index contributed by atoms with van der Waals surface area (Å²) in [7, 11) is -1.88. The van der Waals surface area contributed by atoms with Gasteiger partial charge in [-0.25, -0.2) is 13.1 Å². The summed E-state index contributed by atoms with van der Waals surface area (Å²) >= 11 is 0.